The molecule has 0 spiro atoms. The molecule has 2 atom stereocenters. The minimum Gasteiger partial charge on any atom is -0.341 e. The van der Waals surface area contributed by atoms with E-state index in [0.29, 0.717) is 0 Å². The minimum absolute atomic E-state index is 0.211. The Kier molecular flexibility index (Phi) is 4.20. The molecule has 0 bridgehead atoms. The van der Waals surface area contributed by atoms with Crippen molar-refractivity contribution < 1.29 is 0 Å². The number of piperidine rings is 1. The van der Waals surface area contributed by atoms with E-state index in [0.717, 1.165) is 47.4 Å². The van der Waals surface area contributed by atoms with Gasteiger partial charge in [0, 0.05) is 6.20 Å². The normalized spacial score (nSPS) is 22.7. The molecule has 4 nitrogen and oxygen atoms in total. The number of hydrogen-bond donors (Lipinski definition) is 2. The third-order valence-electron chi connectivity index (χ3n) is 4.12. The van der Waals surface area contributed by atoms with E-state index < -0.39 is 0 Å². The topological polar surface area (TPSA) is 53.1 Å². The Morgan fingerprint density at radius 1 is 1.36 bits per heavy atom. The van der Waals surface area contributed by atoms with Crippen LogP contribution in [0.1, 0.15) is 38.1 Å². The summed E-state index contributed by atoms with van der Waals surface area (Å²) in [6.45, 7) is 9.74. The van der Waals surface area contributed by atoms with Crippen LogP contribution in [0, 0.1) is 0 Å². The quantitative estimate of drug-likeness (QED) is 0.840. The molecular weight excluding hydrogens is 272 g/mol. The highest BCUT2D eigenvalue weighted by Gasteiger charge is 2.27. The van der Waals surface area contributed by atoms with Crippen molar-refractivity contribution in [3.8, 4) is 0 Å². The maximum atomic E-state index is 4.72. The Bertz CT molecular complexity index is 693. The fourth-order valence-corrected chi connectivity index (χ4v) is 3.10. The number of benzene rings is 1. The van der Waals surface area contributed by atoms with Gasteiger partial charge in [-0.3, -0.25) is 10.3 Å². The standard InChI is InChI=1S/C18H22N4/c1-4-19-17(12(2)3)15-10-7-11-16(20-15)18-21-13-8-5-6-9-14(13)22-18/h4-6,8-9,15-16,20H,1-2,7,10-11H2,3H3,(H,21,22). The zero-order valence-electron chi connectivity index (χ0n) is 13.0. The average molecular weight is 294 g/mol. The number of para-hydroxylation sites is 2. The second kappa shape index (κ2) is 6.28. The number of fused-ring (bicyclic) bond motifs is 1. The second-order valence-electron chi connectivity index (χ2n) is 5.82. The smallest absolute Gasteiger partial charge is 0.124 e. The molecule has 1 aromatic carbocycles. The van der Waals surface area contributed by atoms with Crippen LogP contribution in [0.5, 0.6) is 0 Å². The zero-order chi connectivity index (χ0) is 15.5. The van der Waals surface area contributed by atoms with E-state index in [1.807, 2.05) is 25.1 Å². The molecule has 1 aromatic heterocycles. The molecule has 0 saturated carbocycles. The van der Waals surface area contributed by atoms with Crippen LogP contribution in [0.2, 0.25) is 0 Å². The number of imidazole rings is 1. The Labute approximate surface area is 131 Å². The van der Waals surface area contributed by atoms with E-state index in [1.54, 1.807) is 6.20 Å². The molecule has 0 amide bonds. The first-order valence-corrected chi connectivity index (χ1v) is 7.74. The van der Waals surface area contributed by atoms with Gasteiger partial charge >= 0.3 is 0 Å². The van der Waals surface area contributed by atoms with Crippen molar-refractivity contribution in [1.29, 1.82) is 0 Å². The number of rotatable bonds is 4. The summed E-state index contributed by atoms with van der Waals surface area (Å²) in [5, 5.41) is 3.66. The first kappa shape index (κ1) is 14.7. The lowest BCUT2D eigenvalue weighted by molar-refractivity contribution is 0.365. The Morgan fingerprint density at radius 3 is 2.91 bits per heavy atom. The molecule has 1 aliphatic rings. The third kappa shape index (κ3) is 2.88. The van der Waals surface area contributed by atoms with Gasteiger partial charge < -0.3 is 4.98 Å². The number of nitrogens with one attached hydrogen (secondary N) is 2. The van der Waals surface area contributed by atoms with Gasteiger partial charge in [-0.1, -0.05) is 25.3 Å². The number of aromatic amines is 1. The highest BCUT2D eigenvalue weighted by molar-refractivity contribution is 6.03. The average Bonchev–Trinajstić information content (AvgIpc) is 2.96. The Hall–Kier alpha value is -2.20. The van der Waals surface area contributed by atoms with Gasteiger partial charge in [-0.15, -0.1) is 0 Å². The number of nitrogens with zero attached hydrogens (tertiary/aromatic N) is 2. The maximum absolute atomic E-state index is 4.72. The molecule has 1 saturated heterocycles. The van der Waals surface area contributed by atoms with Crippen molar-refractivity contribution in [2.45, 2.75) is 38.3 Å². The van der Waals surface area contributed by atoms with Gasteiger partial charge in [0.15, 0.2) is 0 Å². The molecule has 0 aliphatic carbocycles. The monoisotopic (exact) mass is 294 g/mol. The first-order valence-electron chi connectivity index (χ1n) is 7.74. The van der Waals surface area contributed by atoms with E-state index in [2.05, 4.69) is 34.5 Å². The lowest BCUT2D eigenvalue weighted by atomic mass is 9.92. The van der Waals surface area contributed by atoms with Crippen molar-refractivity contribution in [1.82, 2.24) is 15.3 Å². The highest BCUT2D eigenvalue weighted by Crippen LogP contribution is 2.27. The number of hydrogen-bond acceptors (Lipinski definition) is 3. The fourth-order valence-electron chi connectivity index (χ4n) is 3.10. The van der Waals surface area contributed by atoms with Gasteiger partial charge in [-0.2, -0.15) is 0 Å². The van der Waals surface area contributed by atoms with E-state index in [4.69, 9.17) is 4.98 Å². The first-order chi connectivity index (χ1) is 10.7. The van der Waals surface area contributed by atoms with Crippen LogP contribution in [0.3, 0.4) is 0 Å². The van der Waals surface area contributed by atoms with Crippen molar-refractivity contribution in [3.63, 3.8) is 0 Å². The molecule has 2 heterocycles. The number of H-pyrrole nitrogens is 1. The predicted octanol–water partition coefficient (Wildman–Crippen LogP) is 3.91. The largest absolute Gasteiger partial charge is 0.341 e. The SMILES string of the molecule is C=CN=C(C(=C)C)C1CCCC(c2nc3ccccc3[nH]2)N1. The summed E-state index contributed by atoms with van der Waals surface area (Å²) in [6.07, 6.45) is 4.88. The summed E-state index contributed by atoms with van der Waals surface area (Å²) in [5.74, 6) is 1.01. The van der Waals surface area contributed by atoms with Crippen LogP contribution in [0.25, 0.3) is 11.0 Å². The lowest BCUT2D eigenvalue weighted by Gasteiger charge is -2.31. The summed E-state index contributed by atoms with van der Waals surface area (Å²) in [4.78, 5) is 12.6. The molecule has 2 aromatic rings. The van der Waals surface area contributed by atoms with Gasteiger partial charge in [-0.05, 0) is 43.9 Å². The lowest BCUT2D eigenvalue weighted by Crippen LogP contribution is -2.43. The van der Waals surface area contributed by atoms with E-state index in [-0.39, 0.29) is 12.1 Å². The van der Waals surface area contributed by atoms with Crippen LogP contribution in [0.4, 0.5) is 0 Å². The van der Waals surface area contributed by atoms with Crippen molar-refractivity contribution >= 4 is 16.7 Å². The highest BCUT2D eigenvalue weighted by atomic mass is 15.1. The molecule has 0 radical (unpaired) electrons. The molecule has 4 heteroatoms. The van der Waals surface area contributed by atoms with E-state index in [9.17, 15) is 0 Å². The molecule has 1 fully saturated rings. The molecule has 3 rings (SSSR count). The van der Waals surface area contributed by atoms with Crippen LogP contribution in [-0.4, -0.2) is 21.7 Å². The molecular formula is C18H22N4. The Balaban J connectivity index is 1.84. The summed E-state index contributed by atoms with van der Waals surface area (Å²) in [5.41, 5.74) is 4.08. The van der Waals surface area contributed by atoms with Crippen LogP contribution in [0.15, 0.2) is 54.2 Å². The van der Waals surface area contributed by atoms with Crippen LogP contribution < -0.4 is 5.32 Å². The van der Waals surface area contributed by atoms with Gasteiger partial charge in [0.1, 0.15) is 5.82 Å². The molecule has 1 aliphatic heterocycles. The van der Waals surface area contributed by atoms with Crippen molar-refractivity contribution in [3.05, 3.63) is 55.0 Å². The van der Waals surface area contributed by atoms with Gasteiger partial charge in [0.2, 0.25) is 0 Å². The van der Waals surface area contributed by atoms with Gasteiger partial charge in [0.25, 0.3) is 0 Å². The predicted molar refractivity (Wildman–Crippen MR) is 92.1 cm³/mol. The summed E-state index contributed by atoms with van der Waals surface area (Å²) >= 11 is 0. The summed E-state index contributed by atoms with van der Waals surface area (Å²) in [7, 11) is 0. The van der Waals surface area contributed by atoms with Crippen LogP contribution >= 0.6 is 0 Å². The molecule has 22 heavy (non-hydrogen) atoms. The maximum Gasteiger partial charge on any atom is 0.124 e. The van der Waals surface area contributed by atoms with E-state index in [1.165, 1.54) is 0 Å². The second-order valence-corrected chi connectivity index (χ2v) is 5.82. The summed E-state index contributed by atoms with van der Waals surface area (Å²) in [6, 6.07) is 8.57. The van der Waals surface area contributed by atoms with Crippen LogP contribution in [-0.2, 0) is 0 Å². The van der Waals surface area contributed by atoms with Gasteiger partial charge in [-0.25, -0.2) is 4.98 Å². The van der Waals surface area contributed by atoms with E-state index >= 15 is 0 Å². The van der Waals surface area contributed by atoms with Gasteiger partial charge in [0.05, 0.1) is 28.8 Å². The fraction of sp³-hybridized carbons (Fsp3) is 0.333. The number of aromatic nitrogens is 2. The number of aliphatic imine (C=N–C) groups is 1. The zero-order valence-corrected chi connectivity index (χ0v) is 13.0. The molecule has 2 unspecified atom stereocenters. The summed E-state index contributed by atoms with van der Waals surface area (Å²) < 4.78 is 0. The molecule has 114 valence electrons. The third-order valence-corrected chi connectivity index (χ3v) is 4.12. The minimum atomic E-state index is 0.211. The Morgan fingerprint density at radius 2 is 2.18 bits per heavy atom. The molecule has 2 N–H and O–H groups in total. The van der Waals surface area contributed by atoms with Crippen molar-refractivity contribution in [2.75, 3.05) is 0 Å². The van der Waals surface area contributed by atoms with Crippen molar-refractivity contribution in [2.24, 2.45) is 4.99 Å².